The second-order valence-electron chi connectivity index (χ2n) is 3.80. The molecule has 0 bridgehead atoms. The van der Waals surface area contributed by atoms with Gasteiger partial charge in [0.1, 0.15) is 6.61 Å². The van der Waals surface area contributed by atoms with E-state index in [4.69, 9.17) is 4.74 Å². The number of Topliss-reactive ketones (excluding diaryl/α,β-unsaturated/α-hetero) is 1. The summed E-state index contributed by atoms with van der Waals surface area (Å²) in [6, 6.07) is 0. The van der Waals surface area contributed by atoms with E-state index in [1.807, 2.05) is 27.8 Å². The molecule has 0 saturated heterocycles. The van der Waals surface area contributed by atoms with E-state index < -0.39 is 0 Å². The standard InChI is InChI=1S/C11H18N2O2/c1-5-10-9(6-13(4)12-10)11(14)7-15-8(2)3/h6,8H,5,7H2,1-4H3. The summed E-state index contributed by atoms with van der Waals surface area (Å²) in [7, 11) is 1.82. The average molecular weight is 210 g/mol. The molecule has 0 unspecified atom stereocenters. The zero-order valence-corrected chi connectivity index (χ0v) is 9.78. The van der Waals surface area contributed by atoms with Crippen LogP contribution < -0.4 is 0 Å². The minimum atomic E-state index is 0.00801. The molecular formula is C11H18N2O2. The maximum Gasteiger partial charge on any atom is 0.191 e. The third-order valence-corrected chi connectivity index (χ3v) is 2.09. The summed E-state index contributed by atoms with van der Waals surface area (Å²) in [4.78, 5) is 11.8. The average Bonchev–Trinajstić information content (AvgIpc) is 2.56. The van der Waals surface area contributed by atoms with Gasteiger partial charge in [-0.25, -0.2) is 0 Å². The second kappa shape index (κ2) is 5.07. The van der Waals surface area contributed by atoms with Crippen LogP contribution in [-0.4, -0.2) is 28.3 Å². The fourth-order valence-electron chi connectivity index (χ4n) is 1.35. The van der Waals surface area contributed by atoms with E-state index in [1.54, 1.807) is 10.9 Å². The van der Waals surface area contributed by atoms with Crippen molar-refractivity contribution in [2.24, 2.45) is 7.05 Å². The van der Waals surface area contributed by atoms with Gasteiger partial charge in [0, 0.05) is 13.2 Å². The molecule has 1 heterocycles. The molecule has 0 amide bonds. The molecule has 4 nitrogen and oxygen atoms in total. The maximum absolute atomic E-state index is 11.8. The lowest BCUT2D eigenvalue weighted by atomic mass is 10.1. The van der Waals surface area contributed by atoms with Crippen molar-refractivity contribution in [2.75, 3.05) is 6.61 Å². The number of carbonyl (C=O) groups excluding carboxylic acids is 1. The Morgan fingerprint density at radius 3 is 2.80 bits per heavy atom. The highest BCUT2D eigenvalue weighted by Gasteiger charge is 2.14. The number of ether oxygens (including phenoxy) is 1. The molecule has 0 aromatic carbocycles. The summed E-state index contributed by atoms with van der Waals surface area (Å²) < 4.78 is 6.95. The molecule has 0 atom stereocenters. The number of ketones is 1. The maximum atomic E-state index is 11.8. The number of nitrogens with zero attached hydrogens (tertiary/aromatic N) is 2. The summed E-state index contributed by atoms with van der Waals surface area (Å²) in [5, 5.41) is 4.22. The predicted molar refractivity (Wildman–Crippen MR) is 58.0 cm³/mol. The van der Waals surface area contributed by atoms with Crippen LogP contribution in [0.4, 0.5) is 0 Å². The first-order valence-corrected chi connectivity index (χ1v) is 5.22. The normalized spacial score (nSPS) is 11.0. The first kappa shape index (κ1) is 11.9. The first-order valence-electron chi connectivity index (χ1n) is 5.22. The molecule has 0 spiro atoms. The number of aryl methyl sites for hydroxylation is 2. The van der Waals surface area contributed by atoms with Gasteiger partial charge >= 0.3 is 0 Å². The van der Waals surface area contributed by atoms with E-state index >= 15 is 0 Å². The van der Waals surface area contributed by atoms with Crippen molar-refractivity contribution in [1.29, 1.82) is 0 Å². The minimum Gasteiger partial charge on any atom is -0.371 e. The van der Waals surface area contributed by atoms with Gasteiger partial charge in [-0.3, -0.25) is 9.48 Å². The molecule has 1 rings (SSSR count). The number of rotatable bonds is 5. The third kappa shape index (κ3) is 3.16. The van der Waals surface area contributed by atoms with Crippen molar-refractivity contribution in [1.82, 2.24) is 9.78 Å². The molecule has 4 heteroatoms. The summed E-state index contributed by atoms with van der Waals surface area (Å²) in [6.45, 7) is 5.95. The van der Waals surface area contributed by atoms with Crippen molar-refractivity contribution in [2.45, 2.75) is 33.3 Å². The Balaban J connectivity index is 2.72. The van der Waals surface area contributed by atoms with Crippen molar-refractivity contribution >= 4 is 5.78 Å². The quantitative estimate of drug-likeness (QED) is 0.693. The van der Waals surface area contributed by atoms with Gasteiger partial charge in [0.25, 0.3) is 0 Å². The fourth-order valence-corrected chi connectivity index (χ4v) is 1.35. The summed E-state index contributed by atoms with van der Waals surface area (Å²) >= 11 is 0. The van der Waals surface area contributed by atoms with E-state index in [-0.39, 0.29) is 18.5 Å². The molecular weight excluding hydrogens is 192 g/mol. The van der Waals surface area contributed by atoms with Gasteiger partial charge in [-0.1, -0.05) is 6.92 Å². The number of hydrogen-bond acceptors (Lipinski definition) is 3. The van der Waals surface area contributed by atoms with Crippen LogP contribution in [0.15, 0.2) is 6.20 Å². The number of carbonyl (C=O) groups is 1. The van der Waals surface area contributed by atoms with E-state index in [0.29, 0.717) is 5.56 Å². The summed E-state index contributed by atoms with van der Waals surface area (Å²) in [5.74, 6) is 0.00801. The van der Waals surface area contributed by atoms with Crippen LogP contribution in [0.2, 0.25) is 0 Å². The molecule has 1 aromatic heterocycles. The van der Waals surface area contributed by atoms with Gasteiger partial charge in [0.2, 0.25) is 0 Å². The van der Waals surface area contributed by atoms with Crippen LogP contribution in [0.1, 0.15) is 36.8 Å². The van der Waals surface area contributed by atoms with Crippen LogP contribution in [-0.2, 0) is 18.2 Å². The highest BCUT2D eigenvalue weighted by atomic mass is 16.5. The van der Waals surface area contributed by atoms with Gasteiger partial charge in [0.05, 0.1) is 17.4 Å². The molecule has 0 fully saturated rings. The van der Waals surface area contributed by atoms with Crippen LogP contribution in [0, 0.1) is 0 Å². The zero-order valence-electron chi connectivity index (χ0n) is 9.78. The largest absolute Gasteiger partial charge is 0.371 e. The molecule has 0 aliphatic rings. The lowest BCUT2D eigenvalue weighted by Gasteiger charge is -2.05. The molecule has 0 aliphatic heterocycles. The Kier molecular flexibility index (Phi) is 4.03. The lowest BCUT2D eigenvalue weighted by Crippen LogP contribution is -2.14. The molecule has 0 saturated carbocycles. The Morgan fingerprint density at radius 2 is 2.27 bits per heavy atom. The van der Waals surface area contributed by atoms with Gasteiger partial charge < -0.3 is 4.74 Å². The predicted octanol–water partition coefficient (Wildman–Crippen LogP) is 1.59. The number of hydrogen-bond donors (Lipinski definition) is 0. The van der Waals surface area contributed by atoms with Gasteiger partial charge in [-0.2, -0.15) is 5.10 Å². The molecule has 84 valence electrons. The topological polar surface area (TPSA) is 44.1 Å². The smallest absolute Gasteiger partial charge is 0.191 e. The van der Waals surface area contributed by atoms with E-state index in [0.717, 1.165) is 12.1 Å². The van der Waals surface area contributed by atoms with E-state index in [1.165, 1.54) is 0 Å². The fraction of sp³-hybridized carbons (Fsp3) is 0.636. The van der Waals surface area contributed by atoms with Crippen molar-refractivity contribution in [3.05, 3.63) is 17.5 Å². The monoisotopic (exact) mass is 210 g/mol. The summed E-state index contributed by atoms with van der Waals surface area (Å²) in [6.07, 6.45) is 2.60. The van der Waals surface area contributed by atoms with Crippen molar-refractivity contribution < 1.29 is 9.53 Å². The van der Waals surface area contributed by atoms with Gasteiger partial charge in [-0.05, 0) is 20.3 Å². The summed E-state index contributed by atoms with van der Waals surface area (Å²) in [5.41, 5.74) is 1.52. The molecule has 0 radical (unpaired) electrons. The van der Waals surface area contributed by atoms with Gasteiger partial charge in [0.15, 0.2) is 5.78 Å². The Hall–Kier alpha value is -1.16. The molecule has 0 aliphatic carbocycles. The Morgan fingerprint density at radius 1 is 1.60 bits per heavy atom. The Labute approximate surface area is 90.2 Å². The van der Waals surface area contributed by atoms with Crippen LogP contribution in [0.5, 0.6) is 0 Å². The SMILES string of the molecule is CCc1nn(C)cc1C(=O)COC(C)C. The minimum absolute atomic E-state index is 0.00801. The van der Waals surface area contributed by atoms with Crippen molar-refractivity contribution in [3.8, 4) is 0 Å². The van der Waals surface area contributed by atoms with E-state index in [9.17, 15) is 4.79 Å². The number of aromatic nitrogens is 2. The van der Waals surface area contributed by atoms with Crippen molar-refractivity contribution in [3.63, 3.8) is 0 Å². The molecule has 1 aromatic rings. The molecule has 15 heavy (non-hydrogen) atoms. The third-order valence-electron chi connectivity index (χ3n) is 2.09. The highest BCUT2D eigenvalue weighted by Crippen LogP contribution is 2.08. The lowest BCUT2D eigenvalue weighted by molar-refractivity contribution is 0.0584. The highest BCUT2D eigenvalue weighted by molar-refractivity contribution is 5.97. The zero-order chi connectivity index (χ0) is 11.4. The second-order valence-corrected chi connectivity index (χ2v) is 3.80. The van der Waals surface area contributed by atoms with Crippen LogP contribution in [0.3, 0.4) is 0 Å². The Bertz CT molecular complexity index is 342. The van der Waals surface area contributed by atoms with Crippen LogP contribution in [0.25, 0.3) is 0 Å². The molecule has 0 N–H and O–H groups in total. The van der Waals surface area contributed by atoms with E-state index in [2.05, 4.69) is 5.10 Å². The van der Waals surface area contributed by atoms with Gasteiger partial charge in [-0.15, -0.1) is 0 Å². The van der Waals surface area contributed by atoms with Crippen LogP contribution >= 0.6 is 0 Å². The first-order chi connectivity index (χ1) is 7.04.